The minimum absolute atomic E-state index is 0.0344. The number of hydrogen-bond donors (Lipinski definition) is 1. The number of nitrogens with one attached hydrogen (secondary N) is 1. The second-order valence-electron chi connectivity index (χ2n) is 4.16. The van der Waals surface area contributed by atoms with E-state index in [1.165, 1.54) is 12.3 Å². The van der Waals surface area contributed by atoms with E-state index in [0.717, 1.165) is 17.1 Å². The van der Waals surface area contributed by atoms with Gasteiger partial charge in [-0.05, 0) is 12.1 Å². The van der Waals surface area contributed by atoms with E-state index >= 15 is 0 Å². The Morgan fingerprint density at radius 2 is 2.20 bits per heavy atom. The second kappa shape index (κ2) is 5.04. The van der Waals surface area contributed by atoms with Crippen LogP contribution in [0, 0.1) is 10.1 Å². The zero-order chi connectivity index (χ0) is 13.9. The maximum atomic E-state index is 10.5. The van der Waals surface area contributed by atoms with Crippen molar-refractivity contribution in [2.75, 3.05) is 12.1 Å². The minimum Gasteiger partial charge on any atom is -0.454 e. The highest BCUT2D eigenvalue weighted by Crippen LogP contribution is 2.35. The third-order valence-electron chi connectivity index (χ3n) is 2.90. The lowest BCUT2D eigenvalue weighted by Gasteiger charge is -2.07. The summed E-state index contributed by atoms with van der Waals surface area (Å²) in [5.41, 5.74) is 0.910. The van der Waals surface area contributed by atoms with Crippen molar-refractivity contribution in [1.29, 1.82) is 0 Å². The predicted octanol–water partition coefficient (Wildman–Crippen LogP) is 2.33. The van der Waals surface area contributed by atoms with Gasteiger partial charge in [0.25, 0.3) is 5.69 Å². The molecule has 1 N–H and O–H groups in total. The second-order valence-corrected chi connectivity index (χ2v) is 4.16. The first-order valence-corrected chi connectivity index (χ1v) is 5.96. The first-order valence-electron chi connectivity index (χ1n) is 5.96. The molecule has 1 aliphatic heterocycles. The highest BCUT2D eigenvalue weighted by Gasteiger charge is 2.16. The number of anilines is 1. The molecular weight excluding hydrogens is 262 g/mol. The molecule has 0 radical (unpaired) electrons. The van der Waals surface area contributed by atoms with Crippen LogP contribution in [-0.2, 0) is 6.54 Å². The summed E-state index contributed by atoms with van der Waals surface area (Å²) >= 11 is 0. The highest BCUT2D eigenvalue weighted by molar-refractivity contribution is 5.50. The van der Waals surface area contributed by atoms with Crippen molar-refractivity contribution in [2.24, 2.45) is 0 Å². The Bertz CT molecular complexity index is 643. The summed E-state index contributed by atoms with van der Waals surface area (Å²) in [5, 5.41) is 13.6. The summed E-state index contributed by atoms with van der Waals surface area (Å²) < 4.78 is 10.7. The van der Waals surface area contributed by atoms with E-state index in [9.17, 15) is 10.1 Å². The molecule has 0 fully saturated rings. The molecule has 0 bridgehead atoms. The third-order valence-corrected chi connectivity index (χ3v) is 2.90. The predicted molar refractivity (Wildman–Crippen MR) is 70.8 cm³/mol. The van der Waals surface area contributed by atoms with Gasteiger partial charge < -0.3 is 14.8 Å². The van der Waals surface area contributed by atoms with Gasteiger partial charge in [0.2, 0.25) is 6.79 Å². The molecule has 20 heavy (non-hydrogen) atoms. The van der Waals surface area contributed by atoms with Crippen molar-refractivity contribution in [3.05, 3.63) is 52.2 Å². The molecular formula is C13H11N3O4. The number of aromatic nitrogens is 1. The summed E-state index contributed by atoms with van der Waals surface area (Å²) in [5.74, 6) is 2.01. The summed E-state index contributed by atoms with van der Waals surface area (Å²) in [7, 11) is 0. The molecule has 2 aromatic rings. The third kappa shape index (κ3) is 2.33. The van der Waals surface area contributed by atoms with Crippen molar-refractivity contribution in [3.63, 3.8) is 0 Å². The number of fused-ring (bicyclic) bond motifs is 1. The van der Waals surface area contributed by atoms with E-state index in [1.54, 1.807) is 6.07 Å². The van der Waals surface area contributed by atoms with Gasteiger partial charge in [-0.25, -0.2) is 4.98 Å². The molecule has 0 aliphatic carbocycles. The van der Waals surface area contributed by atoms with Crippen LogP contribution >= 0.6 is 0 Å². The van der Waals surface area contributed by atoms with Crippen molar-refractivity contribution in [2.45, 2.75) is 6.54 Å². The maximum Gasteiger partial charge on any atom is 0.287 e. The Balaban J connectivity index is 1.71. The van der Waals surface area contributed by atoms with Crippen LogP contribution in [-0.4, -0.2) is 16.7 Å². The van der Waals surface area contributed by atoms with Crippen LogP contribution in [0.5, 0.6) is 11.5 Å². The molecule has 0 unspecified atom stereocenters. The van der Waals surface area contributed by atoms with Gasteiger partial charge in [-0.3, -0.25) is 10.1 Å². The number of rotatable bonds is 4. The Hall–Kier alpha value is -2.83. The van der Waals surface area contributed by atoms with Crippen LogP contribution in [0.25, 0.3) is 0 Å². The quantitative estimate of drug-likeness (QED) is 0.679. The first kappa shape index (κ1) is 12.2. The number of ether oxygens (including phenoxy) is 2. The monoisotopic (exact) mass is 273 g/mol. The van der Waals surface area contributed by atoms with Gasteiger partial charge in [-0.15, -0.1) is 0 Å². The highest BCUT2D eigenvalue weighted by atomic mass is 16.7. The van der Waals surface area contributed by atoms with E-state index in [2.05, 4.69) is 10.3 Å². The van der Waals surface area contributed by atoms with Gasteiger partial charge >= 0.3 is 0 Å². The number of nitro groups is 1. The summed E-state index contributed by atoms with van der Waals surface area (Å²) in [6, 6.07) is 8.62. The molecule has 2 heterocycles. The van der Waals surface area contributed by atoms with E-state index in [1.807, 2.05) is 18.2 Å². The van der Waals surface area contributed by atoms with Crippen molar-refractivity contribution in [1.82, 2.24) is 4.98 Å². The fourth-order valence-electron chi connectivity index (χ4n) is 1.91. The van der Waals surface area contributed by atoms with Gasteiger partial charge in [0.1, 0.15) is 12.0 Å². The fraction of sp³-hybridized carbons (Fsp3) is 0.154. The molecule has 0 saturated heterocycles. The lowest BCUT2D eigenvalue weighted by atomic mass is 10.2. The van der Waals surface area contributed by atoms with Crippen LogP contribution in [0.4, 0.5) is 11.5 Å². The Labute approximate surface area is 114 Å². The average Bonchev–Trinajstić information content (AvgIpc) is 2.94. The number of pyridine rings is 1. The zero-order valence-electron chi connectivity index (χ0n) is 10.4. The van der Waals surface area contributed by atoms with Gasteiger partial charge in [0.05, 0.1) is 4.92 Å². The van der Waals surface area contributed by atoms with Gasteiger partial charge in [0.15, 0.2) is 11.5 Å². The zero-order valence-corrected chi connectivity index (χ0v) is 10.4. The smallest absolute Gasteiger partial charge is 0.287 e. The molecule has 1 aromatic heterocycles. The number of benzene rings is 1. The molecule has 0 saturated carbocycles. The number of nitrogens with zero attached hydrogens (tertiary/aromatic N) is 2. The van der Waals surface area contributed by atoms with E-state index in [-0.39, 0.29) is 12.5 Å². The fourth-order valence-corrected chi connectivity index (χ4v) is 1.91. The topological polar surface area (TPSA) is 86.5 Å². The van der Waals surface area contributed by atoms with Crippen LogP contribution in [0.2, 0.25) is 0 Å². The van der Waals surface area contributed by atoms with Crippen LogP contribution in [0.3, 0.4) is 0 Å². The number of hydrogen-bond acceptors (Lipinski definition) is 6. The normalized spacial score (nSPS) is 12.2. The molecule has 0 atom stereocenters. The van der Waals surface area contributed by atoms with Crippen molar-refractivity contribution < 1.29 is 14.4 Å². The van der Waals surface area contributed by atoms with Gasteiger partial charge in [-0.1, -0.05) is 12.1 Å². The van der Waals surface area contributed by atoms with Crippen LogP contribution < -0.4 is 14.8 Å². The molecule has 102 valence electrons. The summed E-state index contributed by atoms with van der Waals surface area (Å²) in [6.07, 6.45) is 1.22. The van der Waals surface area contributed by atoms with Crippen molar-refractivity contribution >= 4 is 11.5 Å². The van der Waals surface area contributed by atoms with E-state index in [4.69, 9.17) is 9.47 Å². The van der Waals surface area contributed by atoms with Crippen molar-refractivity contribution in [3.8, 4) is 11.5 Å². The first-order chi connectivity index (χ1) is 9.74. The van der Waals surface area contributed by atoms with E-state index < -0.39 is 4.92 Å². The van der Waals surface area contributed by atoms with Crippen LogP contribution in [0.1, 0.15) is 5.56 Å². The molecule has 0 amide bonds. The minimum atomic E-state index is -0.480. The van der Waals surface area contributed by atoms with Gasteiger partial charge in [-0.2, -0.15) is 0 Å². The molecule has 1 aliphatic rings. The summed E-state index contributed by atoms with van der Waals surface area (Å²) in [4.78, 5) is 14.0. The molecule has 3 rings (SSSR count). The SMILES string of the molecule is O=[N+]([O-])c1ccc(NCc2cccc3c2OCO3)nc1. The molecule has 1 aromatic carbocycles. The Morgan fingerprint density at radius 3 is 2.95 bits per heavy atom. The number of para-hydroxylation sites is 1. The average molecular weight is 273 g/mol. The Morgan fingerprint density at radius 1 is 1.30 bits per heavy atom. The lowest BCUT2D eigenvalue weighted by molar-refractivity contribution is -0.385. The van der Waals surface area contributed by atoms with Gasteiger partial charge in [0, 0.05) is 18.2 Å². The Kier molecular flexibility index (Phi) is 3.08. The molecule has 7 nitrogen and oxygen atoms in total. The van der Waals surface area contributed by atoms with Crippen LogP contribution in [0.15, 0.2) is 36.5 Å². The largest absolute Gasteiger partial charge is 0.454 e. The molecule has 0 spiro atoms. The standard InChI is InChI=1S/C13H11N3O4/c17-16(18)10-4-5-12(15-7-10)14-6-9-2-1-3-11-13(9)20-8-19-11/h1-5,7H,6,8H2,(H,14,15). The van der Waals surface area contributed by atoms with E-state index in [0.29, 0.717) is 12.4 Å². The summed E-state index contributed by atoms with van der Waals surface area (Å²) in [6.45, 7) is 0.722. The molecule has 7 heteroatoms. The maximum absolute atomic E-state index is 10.5. The lowest BCUT2D eigenvalue weighted by Crippen LogP contribution is -2.03.